The molecule has 0 saturated carbocycles. The smallest absolute Gasteiger partial charge is 0.208 e. The molecule has 0 fully saturated rings. The number of hydrogen-bond donors (Lipinski definition) is 0. The lowest BCUT2D eigenvalue weighted by molar-refractivity contribution is 0.592. The molecule has 0 N–H and O–H groups in total. The van der Waals surface area contributed by atoms with E-state index >= 15 is 0 Å². The molecule has 0 saturated heterocycles. The molecule has 0 atom stereocenters. The van der Waals surface area contributed by atoms with E-state index in [9.17, 15) is 16.8 Å². The molecule has 0 unspecified atom stereocenters. The quantitative estimate of drug-likeness (QED) is 0.608. The van der Waals surface area contributed by atoms with Gasteiger partial charge in [0.05, 0.1) is 29.6 Å². The molecule has 0 aliphatic rings. The van der Waals surface area contributed by atoms with Crippen molar-refractivity contribution in [3.8, 4) is 0 Å². The van der Waals surface area contributed by atoms with Crippen molar-refractivity contribution in [3.63, 3.8) is 0 Å². The van der Waals surface area contributed by atoms with E-state index in [1.54, 1.807) is 24.3 Å². The van der Waals surface area contributed by atoms with Crippen LogP contribution in [0.5, 0.6) is 0 Å². The first-order chi connectivity index (χ1) is 12.2. The summed E-state index contributed by atoms with van der Waals surface area (Å²) in [6, 6.07) is 17.1. The largest absolute Gasteiger partial charge is 0.218 e. The number of rotatable bonds is 4. The van der Waals surface area contributed by atoms with Crippen molar-refractivity contribution < 1.29 is 16.8 Å². The Morgan fingerprint density at radius 3 is 1.12 bits per heavy atom. The Labute approximate surface area is 161 Å². The van der Waals surface area contributed by atoms with E-state index in [-0.39, 0.29) is 29.6 Å². The van der Waals surface area contributed by atoms with Crippen LogP contribution in [0.25, 0.3) is 0 Å². The lowest BCUT2D eigenvalue weighted by Gasteiger charge is -2.09. The van der Waals surface area contributed by atoms with E-state index in [0.717, 1.165) is 0 Å². The van der Waals surface area contributed by atoms with Crippen LogP contribution in [0.4, 0.5) is 0 Å². The van der Waals surface area contributed by atoms with E-state index in [1.165, 1.54) is 48.5 Å². The molecule has 26 heavy (non-hydrogen) atoms. The highest BCUT2D eigenvalue weighted by molar-refractivity contribution is 7.92. The lowest BCUT2D eigenvalue weighted by Crippen LogP contribution is -2.05. The Morgan fingerprint density at radius 1 is 0.500 bits per heavy atom. The van der Waals surface area contributed by atoms with Crippen LogP contribution in [-0.2, 0) is 19.7 Å². The molecule has 3 rings (SSSR count). The highest BCUT2D eigenvalue weighted by Crippen LogP contribution is 2.30. The second-order valence-corrected chi connectivity index (χ2v) is 9.99. The van der Waals surface area contributed by atoms with E-state index in [1.807, 2.05) is 0 Å². The molecule has 0 aliphatic carbocycles. The molecule has 0 spiro atoms. The van der Waals surface area contributed by atoms with Crippen LogP contribution < -0.4 is 0 Å². The van der Waals surface area contributed by atoms with Gasteiger partial charge >= 0.3 is 0 Å². The summed E-state index contributed by atoms with van der Waals surface area (Å²) in [5.74, 6) is 0. The van der Waals surface area contributed by atoms with Gasteiger partial charge in [0.2, 0.25) is 19.7 Å². The van der Waals surface area contributed by atoms with Crippen LogP contribution in [0.15, 0.2) is 92.4 Å². The monoisotopic (exact) mass is 426 g/mol. The van der Waals surface area contributed by atoms with Crippen LogP contribution in [-0.4, -0.2) is 16.8 Å². The maximum Gasteiger partial charge on any atom is 0.208 e. The first kappa shape index (κ1) is 18.9. The zero-order valence-electron chi connectivity index (χ0n) is 13.1. The standard InChI is InChI=1S/C18H12Cl2O4S2/c19-15-5-1-3-7-17(15)25(21,22)13-9-11-14(12-10-13)26(23,24)18-8-4-2-6-16(18)20/h1-12H. The normalized spacial score (nSPS) is 12.1. The lowest BCUT2D eigenvalue weighted by atomic mass is 10.4. The Bertz CT molecular complexity index is 1080. The SMILES string of the molecule is O=S(=O)(c1ccc(S(=O)(=O)c2ccccc2Cl)cc1)c1ccccc1Cl. The highest BCUT2D eigenvalue weighted by Gasteiger charge is 2.24. The predicted octanol–water partition coefficient (Wildman–Crippen LogP) is 4.66. The molecule has 134 valence electrons. The summed E-state index contributed by atoms with van der Waals surface area (Å²) in [5, 5.41) is 0.195. The summed E-state index contributed by atoms with van der Waals surface area (Å²) < 4.78 is 50.7. The number of benzene rings is 3. The van der Waals surface area contributed by atoms with Gasteiger partial charge in [-0.05, 0) is 48.5 Å². The molecule has 0 radical (unpaired) electrons. The van der Waals surface area contributed by atoms with Crippen LogP contribution in [0.1, 0.15) is 0 Å². The molecule has 4 nitrogen and oxygen atoms in total. The van der Waals surface area contributed by atoms with Gasteiger partial charge in [-0.2, -0.15) is 0 Å². The van der Waals surface area contributed by atoms with E-state index in [4.69, 9.17) is 23.2 Å². The second-order valence-electron chi connectivity index (χ2n) is 5.34. The molecule has 8 heteroatoms. The van der Waals surface area contributed by atoms with Crippen molar-refractivity contribution in [2.45, 2.75) is 19.6 Å². The summed E-state index contributed by atoms with van der Waals surface area (Å²) in [6.07, 6.45) is 0. The molecular formula is C18H12Cl2O4S2. The van der Waals surface area contributed by atoms with E-state index in [2.05, 4.69) is 0 Å². The van der Waals surface area contributed by atoms with Gasteiger partial charge in [0.25, 0.3) is 0 Å². The van der Waals surface area contributed by atoms with Crippen molar-refractivity contribution >= 4 is 42.9 Å². The highest BCUT2D eigenvalue weighted by atomic mass is 35.5. The Hall–Kier alpha value is -1.86. The first-order valence-electron chi connectivity index (χ1n) is 7.34. The van der Waals surface area contributed by atoms with Gasteiger partial charge in [0.1, 0.15) is 0 Å². The van der Waals surface area contributed by atoms with E-state index < -0.39 is 19.7 Å². The fraction of sp³-hybridized carbons (Fsp3) is 0. The maximum absolute atomic E-state index is 12.7. The summed E-state index contributed by atoms with van der Waals surface area (Å²) in [6.45, 7) is 0. The summed E-state index contributed by atoms with van der Waals surface area (Å²) in [4.78, 5) is -0.181. The number of sulfone groups is 2. The van der Waals surface area contributed by atoms with Gasteiger partial charge in [0, 0.05) is 0 Å². The van der Waals surface area contributed by atoms with Crippen molar-refractivity contribution in [3.05, 3.63) is 82.8 Å². The Balaban J connectivity index is 2.05. The second kappa shape index (κ2) is 7.04. The summed E-state index contributed by atoms with van der Waals surface area (Å²) in [5.41, 5.74) is 0. The first-order valence-corrected chi connectivity index (χ1v) is 11.1. The Kier molecular flexibility index (Phi) is 5.12. The molecular weight excluding hydrogens is 415 g/mol. The zero-order chi connectivity index (χ0) is 18.9. The topological polar surface area (TPSA) is 68.3 Å². The molecule has 0 aromatic heterocycles. The van der Waals surface area contributed by atoms with Gasteiger partial charge in [-0.25, -0.2) is 16.8 Å². The zero-order valence-corrected chi connectivity index (χ0v) is 16.3. The molecule has 0 aliphatic heterocycles. The predicted molar refractivity (Wildman–Crippen MR) is 100 cm³/mol. The fourth-order valence-corrected chi connectivity index (χ4v) is 5.92. The number of hydrogen-bond acceptors (Lipinski definition) is 4. The fourth-order valence-electron chi connectivity index (χ4n) is 2.38. The Morgan fingerprint density at radius 2 is 0.808 bits per heavy atom. The minimum atomic E-state index is -3.86. The minimum Gasteiger partial charge on any atom is -0.218 e. The van der Waals surface area contributed by atoms with Gasteiger partial charge in [0.15, 0.2) is 0 Å². The van der Waals surface area contributed by atoms with Gasteiger partial charge in [-0.3, -0.25) is 0 Å². The minimum absolute atomic E-state index is 0.0385. The van der Waals surface area contributed by atoms with Crippen LogP contribution >= 0.6 is 23.2 Å². The molecule has 3 aromatic rings. The average molecular weight is 427 g/mol. The van der Waals surface area contributed by atoms with Crippen LogP contribution in [0.2, 0.25) is 10.0 Å². The van der Waals surface area contributed by atoms with Gasteiger partial charge in [-0.1, -0.05) is 47.5 Å². The molecule has 3 aromatic carbocycles. The van der Waals surface area contributed by atoms with Crippen molar-refractivity contribution in [2.75, 3.05) is 0 Å². The third-order valence-corrected chi connectivity index (χ3v) is 8.24. The molecule has 0 bridgehead atoms. The maximum atomic E-state index is 12.7. The third-order valence-electron chi connectivity index (χ3n) is 3.70. The third kappa shape index (κ3) is 3.38. The number of halogens is 2. The van der Waals surface area contributed by atoms with Crippen molar-refractivity contribution in [2.24, 2.45) is 0 Å². The summed E-state index contributed by atoms with van der Waals surface area (Å²) >= 11 is 11.9. The van der Waals surface area contributed by atoms with Crippen LogP contribution in [0, 0.1) is 0 Å². The van der Waals surface area contributed by atoms with Crippen LogP contribution in [0.3, 0.4) is 0 Å². The van der Waals surface area contributed by atoms with Crippen molar-refractivity contribution in [1.29, 1.82) is 0 Å². The summed E-state index contributed by atoms with van der Waals surface area (Å²) in [7, 11) is -7.72. The van der Waals surface area contributed by atoms with Gasteiger partial charge < -0.3 is 0 Å². The molecule has 0 amide bonds. The van der Waals surface area contributed by atoms with E-state index in [0.29, 0.717) is 0 Å². The van der Waals surface area contributed by atoms with Crippen molar-refractivity contribution in [1.82, 2.24) is 0 Å². The molecule has 0 heterocycles. The van der Waals surface area contributed by atoms with Gasteiger partial charge in [-0.15, -0.1) is 0 Å². The average Bonchev–Trinajstić information content (AvgIpc) is 2.62.